The topological polar surface area (TPSA) is 68.3 Å². The molecule has 3 N–H and O–H groups in total. The van der Waals surface area contributed by atoms with Gasteiger partial charge in [-0.3, -0.25) is 4.79 Å². The summed E-state index contributed by atoms with van der Waals surface area (Å²) in [6.45, 7) is 6.48. The molecule has 0 aliphatic rings. The van der Waals surface area contributed by atoms with Crippen molar-refractivity contribution < 1.29 is 9.21 Å². The molecule has 1 aromatic heterocycles. The van der Waals surface area contributed by atoms with Gasteiger partial charge in [0.1, 0.15) is 5.76 Å². The minimum Gasteiger partial charge on any atom is -0.469 e. The summed E-state index contributed by atoms with van der Waals surface area (Å²) < 4.78 is 5.22. The zero-order valence-electron chi connectivity index (χ0n) is 10.1. The molecule has 0 radical (unpaired) electrons. The van der Waals surface area contributed by atoms with E-state index in [9.17, 15) is 4.79 Å². The van der Waals surface area contributed by atoms with Gasteiger partial charge in [-0.25, -0.2) is 0 Å². The lowest BCUT2D eigenvalue weighted by Crippen LogP contribution is -2.43. The van der Waals surface area contributed by atoms with E-state index in [1.54, 1.807) is 12.3 Å². The minimum absolute atomic E-state index is 0.00658. The van der Waals surface area contributed by atoms with Crippen molar-refractivity contribution >= 4 is 5.91 Å². The Morgan fingerprint density at radius 3 is 2.75 bits per heavy atom. The van der Waals surface area contributed by atoms with Crippen molar-refractivity contribution in [3.8, 4) is 0 Å². The van der Waals surface area contributed by atoms with Crippen LogP contribution < -0.4 is 11.1 Å². The summed E-state index contributed by atoms with van der Waals surface area (Å²) >= 11 is 0. The summed E-state index contributed by atoms with van der Waals surface area (Å²) in [7, 11) is 0. The van der Waals surface area contributed by atoms with Gasteiger partial charge in [-0.2, -0.15) is 0 Å². The number of aryl methyl sites for hydroxylation is 1. The molecule has 4 nitrogen and oxygen atoms in total. The van der Waals surface area contributed by atoms with E-state index >= 15 is 0 Å². The van der Waals surface area contributed by atoms with Gasteiger partial charge in [-0.15, -0.1) is 0 Å². The highest BCUT2D eigenvalue weighted by Gasteiger charge is 2.18. The number of hydrogen-bond donors (Lipinski definition) is 2. The van der Waals surface area contributed by atoms with Gasteiger partial charge in [-0.1, -0.05) is 20.8 Å². The number of carbonyl (C=O) groups is 1. The Morgan fingerprint density at radius 1 is 1.56 bits per heavy atom. The normalized spacial score (nSPS) is 12.8. The van der Waals surface area contributed by atoms with Crippen LogP contribution in [0.5, 0.6) is 0 Å². The van der Waals surface area contributed by atoms with Crippen molar-refractivity contribution in [3.05, 3.63) is 23.7 Å². The standard InChI is InChI=1S/C12H20N2O2/c1-4-11-9(5-6-16-11)12(15)14-10(7-13)8(2)3/h5-6,8,10H,4,7,13H2,1-3H3,(H,14,15). The molecular weight excluding hydrogens is 204 g/mol. The summed E-state index contributed by atoms with van der Waals surface area (Å²) in [5, 5.41) is 2.92. The van der Waals surface area contributed by atoms with Crippen LogP contribution in [0.15, 0.2) is 16.7 Å². The van der Waals surface area contributed by atoms with Gasteiger partial charge in [0.2, 0.25) is 0 Å². The first-order chi connectivity index (χ1) is 7.60. The first-order valence-electron chi connectivity index (χ1n) is 5.67. The number of carbonyl (C=O) groups excluding carboxylic acids is 1. The lowest BCUT2D eigenvalue weighted by molar-refractivity contribution is 0.0926. The zero-order valence-corrected chi connectivity index (χ0v) is 10.1. The van der Waals surface area contributed by atoms with E-state index in [4.69, 9.17) is 10.2 Å². The zero-order chi connectivity index (χ0) is 12.1. The summed E-state index contributed by atoms with van der Waals surface area (Å²) in [4.78, 5) is 11.9. The number of nitrogens with two attached hydrogens (primary N) is 1. The van der Waals surface area contributed by atoms with Crippen LogP contribution in [0.2, 0.25) is 0 Å². The van der Waals surface area contributed by atoms with Crippen LogP contribution in [0.25, 0.3) is 0 Å². The van der Waals surface area contributed by atoms with E-state index in [0.29, 0.717) is 24.4 Å². The highest BCUT2D eigenvalue weighted by molar-refractivity contribution is 5.95. The van der Waals surface area contributed by atoms with Crippen molar-refractivity contribution in [2.24, 2.45) is 11.7 Å². The summed E-state index contributed by atoms with van der Waals surface area (Å²) in [5.74, 6) is 0.942. The van der Waals surface area contributed by atoms with Crippen molar-refractivity contribution in [3.63, 3.8) is 0 Å². The Morgan fingerprint density at radius 2 is 2.25 bits per heavy atom. The molecule has 1 aromatic rings. The molecule has 1 unspecified atom stereocenters. The minimum atomic E-state index is -0.102. The molecule has 90 valence electrons. The Kier molecular flexibility index (Phi) is 4.55. The van der Waals surface area contributed by atoms with Gasteiger partial charge in [0.15, 0.2) is 0 Å². The maximum Gasteiger partial charge on any atom is 0.255 e. The van der Waals surface area contributed by atoms with Gasteiger partial charge >= 0.3 is 0 Å². The average Bonchev–Trinajstić information content (AvgIpc) is 2.72. The summed E-state index contributed by atoms with van der Waals surface area (Å²) in [5.41, 5.74) is 6.22. The number of nitrogens with one attached hydrogen (secondary N) is 1. The largest absolute Gasteiger partial charge is 0.469 e. The SMILES string of the molecule is CCc1occc1C(=O)NC(CN)C(C)C. The van der Waals surface area contributed by atoms with Crippen molar-refractivity contribution in [2.45, 2.75) is 33.2 Å². The Hall–Kier alpha value is -1.29. The van der Waals surface area contributed by atoms with Crippen LogP contribution in [0, 0.1) is 5.92 Å². The van der Waals surface area contributed by atoms with E-state index in [1.807, 2.05) is 20.8 Å². The Balaban J connectivity index is 2.71. The first-order valence-corrected chi connectivity index (χ1v) is 5.67. The molecule has 1 amide bonds. The van der Waals surface area contributed by atoms with Gasteiger partial charge in [-0.05, 0) is 12.0 Å². The number of rotatable bonds is 5. The molecule has 0 fully saturated rings. The predicted octanol–water partition coefficient (Wildman–Crippen LogP) is 1.56. The van der Waals surface area contributed by atoms with Crippen molar-refractivity contribution in [2.75, 3.05) is 6.54 Å². The Bertz CT molecular complexity index is 345. The third kappa shape index (κ3) is 2.85. The molecule has 1 heterocycles. The van der Waals surface area contributed by atoms with Gasteiger partial charge < -0.3 is 15.5 Å². The van der Waals surface area contributed by atoms with Crippen LogP contribution in [-0.2, 0) is 6.42 Å². The molecule has 0 aromatic carbocycles. The first kappa shape index (κ1) is 12.8. The molecule has 0 bridgehead atoms. The summed E-state index contributed by atoms with van der Waals surface area (Å²) in [6, 6.07) is 1.70. The summed E-state index contributed by atoms with van der Waals surface area (Å²) in [6.07, 6.45) is 2.26. The average molecular weight is 224 g/mol. The van der Waals surface area contributed by atoms with Crippen LogP contribution in [0.1, 0.15) is 36.9 Å². The molecule has 1 rings (SSSR count). The fraction of sp³-hybridized carbons (Fsp3) is 0.583. The highest BCUT2D eigenvalue weighted by Crippen LogP contribution is 2.12. The van der Waals surface area contributed by atoms with E-state index in [-0.39, 0.29) is 11.9 Å². The third-order valence-electron chi connectivity index (χ3n) is 2.69. The van der Waals surface area contributed by atoms with Crippen LogP contribution in [0.4, 0.5) is 0 Å². The van der Waals surface area contributed by atoms with Crippen LogP contribution >= 0.6 is 0 Å². The van der Waals surface area contributed by atoms with Crippen molar-refractivity contribution in [1.82, 2.24) is 5.32 Å². The molecule has 0 spiro atoms. The molecule has 1 atom stereocenters. The number of furan rings is 1. The second kappa shape index (κ2) is 5.70. The second-order valence-corrected chi connectivity index (χ2v) is 4.17. The fourth-order valence-corrected chi connectivity index (χ4v) is 1.56. The fourth-order valence-electron chi connectivity index (χ4n) is 1.56. The number of hydrogen-bond acceptors (Lipinski definition) is 3. The van der Waals surface area contributed by atoms with E-state index in [0.717, 1.165) is 5.76 Å². The van der Waals surface area contributed by atoms with E-state index < -0.39 is 0 Å². The second-order valence-electron chi connectivity index (χ2n) is 4.17. The maximum atomic E-state index is 11.9. The lowest BCUT2D eigenvalue weighted by Gasteiger charge is -2.20. The van der Waals surface area contributed by atoms with Crippen molar-refractivity contribution in [1.29, 1.82) is 0 Å². The molecule has 0 aliphatic carbocycles. The monoisotopic (exact) mass is 224 g/mol. The maximum absolute atomic E-state index is 11.9. The van der Waals surface area contributed by atoms with Crippen LogP contribution in [0.3, 0.4) is 0 Å². The van der Waals surface area contributed by atoms with Gasteiger partial charge in [0.25, 0.3) is 5.91 Å². The smallest absolute Gasteiger partial charge is 0.255 e. The number of amides is 1. The predicted molar refractivity (Wildman–Crippen MR) is 63.2 cm³/mol. The van der Waals surface area contributed by atoms with Crippen LogP contribution in [-0.4, -0.2) is 18.5 Å². The third-order valence-corrected chi connectivity index (χ3v) is 2.69. The molecule has 16 heavy (non-hydrogen) atoms. The van der Waals surface area contributed by atoms with Gasteiger partial charge in [0.05, 0.1) is 11.8 Å². The molecule has 0 aliphatic heterocycles. The Labute approximate surface area is 96.2 Å². The molecular formula is C12H20N2O2. The molecule has 0 saturated carbocycles. The highest BCUT2D eigenvalue weighted by atomic mass is 16.3. The van der Waals surface area contributed by atoms with Gasteiger partial charge in [0, 0.05) is 19.0 Å². The van der Waals surface area contributed by atoms with E-state index in [2.05, 4.69) is 5.32 Å². The lowest BCUT2D eigenvalue weighted by atomic mass is 10.0. The quantitative estimate of drug-likeness (QED) is 0.797. The molecule has 0 saturated heterocycles. The molecule has 4 heteroatoms. The van der Waals surface area contributed by atoms with E-state index in [1.165, 1.54) is 0 Å².